The lowest BCUT2D eigenvalue weighted by atomic mass is 9.47. The van der Waals surface area contributed by atoms with Crippen LogP contribution in [-0.4, -0.2) is 46.1 Å². The first-order chi connectivity index (χ1) is 41.2. The topological polar surface area (TPSA) is 6.48 Å². The number of hydrogen-bond donors (Lipinski definition) is 0. The lowest BCUT2D eigenvalue weighted by Gasteiger charge is -2.67. The van der Waals surface area contributed by atoms with E-state index >= 15 is 0 Å². The molecule has 0 heterocycles. The molecule has 8 atom stereocenters. The van der Waals surface area contributed by atoms with E-state index in [2.05, 4.69) is 86.1 Å². The van der Waals surface area contributed by atoms with Crippen molar-refractivity contribution in [3.8, 4) is 0 Å². The monoisotopic (exact) mass is 1150 g/mol. The average molecular weight is 1150 g/mol. The highest BCUT2D eigenvalue weighted by Crippen LogP contribution is 2.62. The molecule has 8 unspecified atom stereocenters. The Hall–Kier alpha value is -1.12. The van der Waals surface area contributed by atoms with Crippen molar-refractivity contribution in [1.29, 1.82) is 0 Å². The molecule has 0 bridgehead atoms. The van der Waals surface area contributed by atoms with Crippen LogP contribution in [0.3, 0.4) is 0 Å². The molecule has 13 fully saturated rings. The lowest BCUT2D eigenvalue weighted by molar-refractivity contribution is -0.174. The van der Waals surface area contributed by atoms with E-state index in [1.165, 1.54) is 231 Å². The minimum atomic E-state index is 0.819. The van der Waals surface area contributed by atoms with Crippen molar-refractivity contribution in [2.45, 2.75) is 346 Å². The zero-order valence-corrected chi connectivity index (χ0v) is 55.6. The molecule has 0 spiro atoms. The molecule has 0 aromatic rings. The second kappa shape index (κ2) is 29.4. The number of fused-ring (bicyclic) bond motifs is 4. The Balaban J connectivity index is 0.824. The van der Waals surface area contributed by atoms with Gasteiger partial charge in [0.1, 0.15) is 0 Å². The second-order valence-electron chi connectivity index (χ2n) is 35.0. The van der Waals surface area contributed by atoms with Gasteiger partial charge in [0.05, 0.1) is 0 Å². The quantitative estimate of drug-likeness (QED) is 0.160. The highest BCUT2D eigenvalue weighted by molar-refractivity contribution is 5.15. The van der Waals surface area contributed by atoms with Crippen LogP contribution in [0.25, 0.3) is 0 Å². The normalized spacial score (nSPS) is 48.3. The smallest absolute Gasteiger partial charge is 0.0164 e. The Morgan fingerprint density at radius 3 is 0.548 bits per heavy atom. The summed E-state index contributed by atoms with van der Waals surface area (Å²) < 4.78 is 0. The van der Waals surface area contributed by atoms with Gasteiger partial charge < -0.3 is 0 Å². The number of nitrogens with zero attached hydrogens (tertiary/aromatic N) is 2. The maximum absolute atomic E-state index is 3.64. The maximum Gasteiger partial charge on any atom is 0.0164 e. The summed E-state index contributed by atoms with van der Waals surface area (Å²) in [6.45, 7) is 10.0. The van der Waals surface area contributed by atoms with Gasteiger partial charge >= 0.3 is 0 Å². The lowest BCUT2D eigenvalue weighted by Crippen LogP contribution is -2.70. The fraction of sp³-hybridized carbons (Fsp3) is 0.902. The molecule has 13 aliphatic rings. The van der Waals surface area contributed by atoms with Crippen LogP contribution < -0.4 is 0 Å². The first kappa shape index (κ1) is 61.7. The molecule has 0 amide bonds. The van der Waals surface area contributed by atoms with Crippen LogP contribution in [0.4, 0.5) is 0 Å². The van der Waals surface area contributed by atoms with Crippen LogP contribution in [0.2, 0.25) is 0 Å². The van der Waals surface area contributed by atoms with Gasteiger partial charge in [0.15, 0.2) is 0 Å². The standard InChI is InChI=1S/C82H134N2/c1-57-13-21-61(22-14-57)29-33-65-37-45-73(46-38-65)83(74-47-39-66(40-48-74)34-30-62-23-15-58(2)16-24-62)81-77-53-69-9-5-7-11-71(69)55-79(77)82(80-56-72-12-8-6-10-70(72)54-78(80)81)84(75-49-41-67(42-50-75)35-31-63-25-17-59(3)18-26-63)76-51-43-68(44-52-76)36-32-64-27-19-60(4)20-28-64/h29-36,57-82H,5-28,37-56H2,1-4H3/b33-29+,34-30+,35-31+,36-32+. The van der Waals surface area contributed by atoms with Crippen LogP contribution in [0.5, 0.6) is 0 Å². The van der Waals surface area contributed by atoms with E-state index in [0.29, 0.717) is 0 Å². The van der Waals surface area contributed by atoms with Crippen LogP contribution in [0, 0.1) is 118 Å². The van der Waals surface area contributed by atoms with E-state index in [-0.39, 0.29) is 0 Å². The summed E-state index contributed by atoms with van der Waals surface area (Å²) in [5.74, 6) is 18.3. The van der Waals surface area contributed by atoms with Crippen LogP contribution in [0.1, 0.15) is 310 Å². The molecular weight excluding hydrogens is 1010 g/mol. The first-order valence-electron chi connectivity index (χ1n) is 39.5. The van der Waals surface area contributed by atoms with Crippen molar-refractivity contribution >= 4 is 0 Å². The summed E-state index contributed by atoms with van der Waals surface area (Å²) in [7, 11) is 0. The summed E-state index contributed by atoms with van der Waals surface area (Å²) in [4.78, 5) is 7.28. The Bertz CT molecular complexity index is 1780. The molecule has 0 aromatic heterocycles. The van der Waals surface area contributed by atoms with Crippen molar-refractivity contribution in [3.63, 3.8) is 0 Å². The highest BCUT2D eigenvalue weighted by Gasteiger charge is 2.61. The molecule has 13 aliphatic carbocycles. The van der Waals surface area contributed by atoms with E-state index in [1.54, 1.807) is 51.4 Å². The molecule has 13 saturated carbocycles. The third-order valence-electron chi connectivity index (χ3n) is 29.5. The molecule has 0 saturated heterocycles. The molecule has 0 N–H and O–H groups in total. The van der Waals surface area contributed by atoms with E-state index in [0.717, 1.165) is 155 Å². The Morgan fingerprint density at radius 1 is 0.202 bits per heavy atom. The maximum atomic E-state index is 3.64. The zero-order chi connectivity index (χ0) is 56.9. The van der Waals surface area contributed by atoms with Gasteiger partial charge in [-0.25, -0.2) is 0 Å². The molecule has 13 rings (SSSR count). The number of rotatable bonds is 14. The van der Waals surface area contributed by atoms with Crippen molar-refractivity contribution in [2.75, 3.05) is 0 Å². The molecular formula is C82H134N2. The number of allylic oxidation sites excluding steroid dienone is 8. The van der Waals surface area contributed by atoms with E-state index in [4.69, 9.17) is 0 Å². The third-order valence-corrected chi connectivity index (χ3v) is 29.5. The van der Waals surface area contributed by atoms with Gasteiger partial charge in [-0.15, -0.1) is 0 Å². The summed E-state index contributed by atoms with van der Waals surface area (Å²) in [5, 5.41) is 0. The molecule has 84 heavy (non-hydrogen) atoms. The minimum Gasteiger partial charge on any atom is -0.294 e. The molecule has 2 heteroatoms. The van der Waals surface area contributed by atoms with E-state index in [9.17, 15) is 0 Å². The average Bonchev–Trinajstić information content (AvgIpc) is 3.70. The summed E-state index contributed by atoms with van der Waals surface area (Å²) in [5.41, 5.74) is 0. The second-order valence-corrected chi connectivity index (χ2v) is 35.0. The van der Waals surface area contributed by atoms with Crippen molar-refractivity contribution in [1.82, 2.24) is 9.80 Å². The van der Waals surface area contributed by atoms with Crippen molar-refractivity contribution in [3.05, 3.63) is 48.6 Å². The third kappa shape index (κ3) is 15.1. The predicted octanol–water partition coefficient (Wildman–Crippen LogP) is 22.8. The fourth-order valence-electron chi connectivity index (χ4n) is 24.1. The van der Waals surface area contributed by atoms with Gasteiger partial charge in [0, 0.05) is 36.3 Å². The van der Waals surface area contributed by atoms with Crippen LogP contribution in [0.15, 0.2) is 48.6 Å². The van der Waals surface area contributed by atoms with Gasteiger partial charge in [-0.1, -0.05) is 179 Å². The molecule has 0 aliphatic heterocycles. The Morgan fingerprint density at radius 2 is 0.369 bits per heavy atom. The molecule has 2 nitrogen and oxygen atoms in total. The van der Waals surface area contributed by atoms with E-state index < -0.39 is 0 Å². The van der Waals surface area contributed by atoms with E-state index in [1.807, 2.05) is 0 Å². The van der Waals surface area contributed by atoms with Gasteiger partial charge in [0.25, 0.3) is 0 Å². The van der Waals surface area contributed by atoms with Crippen molar-refractivity contribution < 1.29 is 0 Å². The van der Waals surface area contributed by atoms with Crippen molar-refractivity contribution in [2.24, 2.45) is 118 Å². The molecule has 0 radical (unpaired) electrons. The largest absolute Gasteiger partial charge is 0.294 e. The SMILES string of the molecule is CC1CCC(/C=C/C2CCC(N(C3CCC(/C=C/C4CCC(C)CC4)CC3)C3C4CC5CCCCC5CC4C(N(C4CCC(/C=C/C5CCC(C)CC5)CC4)C4CCC(/C=C/C5CCC(C)CC5)CC4)C4CC5CCCCC5CC43)CC2)CC1. The summed E-state index contributed by atoms with van der Waals surface area (Å²) in [6.07, 6.45) is 88.1. The van der Waals surface area contributed by atoms with Crippen LogP contribution in [-0.2, 0) is 0 Å². The van der Waals surface area contributed by atoms with Gasteiger partial charge in [-0.05, 0) is 298 Å². The Labute approximate surface area is 520 Å². The highest BCUT2D eigenvalue weighted by atomic mass is 15.3. The number of hydrogen-bond acceptors (Lipinski definition) is 2. The Kier molecular flexibility index (Phi) is 21.6. The first-order valence-corrected chi connectivity index (χ1v) is 39.5. The van der Waals surface area contributed by atoms with Gasteiger partial charge in [-0.3, -0.25) is 9.80 Å². The molecule has 0 aromatic carbocycles. The predicted molar refractivity (Wildman–Crippen MR) is 359 cm³/mol. The van der Waals surface area contributed by atoms with Gasteiger partial charge in [-0.2, -0.15) is 0 Å². The van der Waals surface area contributed by atoms with Crippen LogP contribution >= 0.6 is 0 Å². The zero-order valence-electron chi connectivity index (χ0n) is 55.6. The fourth-order valence-corrected chi connectivity index (χ4v) is 24.1. The summed E-state index contributed by atoms with van der Waals surface area (Å²) in [6, 6.07) is 4.97. The minimum absolute atomic E-state index is 0.819. The van der Waals surface area contributed by atoms with Gasteiger partial charge in [0.2, 0.25) is 0 Å². The molecule has 472 valence electrons. The summed E-state index contributed by atoms with van der Waals surface area (Å²) >= 11 is 0.